The second-order valence-corrected chi connectivity index (χ2v) is 4.15. The van der Waals surface area contributed by atoms with Gasteiger partial charge in [0.2, 0.25) is 0 Å². The summed E-state index contributed by atoms with van der Waals surface area (Å²) in [5.74, 6) is -0.190. The molecule has 0 bridgehead atoms. The van der Waals surface area contributed by atoms with E-state index in [1.807, 2.05) is 20.8 Å². The van der Waals surface area contributed by atoms with Gasteiger partial charge in [0.05, 0.1) is 0 Å². The minimum Gasteiger partial charge on any atom is -0.381 e. The van der Waals surface area contributed by atoms with E-state index in [0.717, 1.165) is 6.42 Å². The molecular formula is C10H21NO2. The largest absolute Gasteiger partial charge is 0.381 e. The lowest BCUT2D eigenvalue weighted by atomic mass is 10.1. The number of carbonyl (C=O) groups is 1. The van der Waals surface area contributed by atoms with Gasteiger partial charge in [0.1, 0.15) is 5.60 Å². The fourth-order valence-electron chi connectivity index (χ4n) is 1.19. The zero-order chi connectivity index (χ0) is 10.6. The molecule has 0 saturated heterocycles. The molecule has 0 rings (SSSR count). The Morgan fingerprint density at radius 3 is 2.15 bits per heavy atom. The highest BCUT2D eigenvalue weighted by atomic mass is 16.3. The van der Waals surface area contributed by atoms with E-state index in [9.17, 15) is 9.90 Å². The first kappa shape index (κ1) is 12.4. The van der Waals surface area contributed by atoms with Gasteiger partial charge in [-0.1, -0.05) is 6.92 Å². The number of hydrogen-bond acceptors (Lipinski definition) is 2. The molecular weight excluding hydrogens is 166 g/mol. The van der Waals surface area contributed by atoms with Crippen LogP contribution in [0.3, 0.4) is 0 Å². The van der Waals surface area contributed by atoms with Gasteiger partial charge in [-0.05, 0) is 34.1 Å². The highest BCUT2D eigenvalue weighted by molar-refractivity contribution is 5.84. The lowest BCUT2D eigenvalue weighted by Crippen LogP contribution is -2.48. The van der Waals surface area contributed by atoms with Gasteiger partial charge in [-0.15, -0.1) is 0 Å². The van der Waals surface area contributed by atoms with Gasteiger partial charge in [-0.25, -0.2) is 0 Å². The number of hydrogen-bond donors (Lipinski definition) is 1. The summed E-state index contributed by atoms with van der Waals surface area (Å²) in [5, 5.41) is 9.54. The summed E-state index contributed by atoms with van der Waals surface area (Å²) in [6, 6.07) is 0.152. The Morgan fingerprint density at radius 2 is 1.92 bits per heavy atom. The van der Waals surface area contributed by atoms with E-state index in [1.165, 1.54) is 13.8 Å². The van der Waals surface area contributed by atoms with Gasteiger partial charge >= 0.3 is 0 Å². The monoisotopic (exact) mass is 187 g/mol. The lowest BCUT2D eigenvalue weighted by Gasteiger charge is -2.31. The van der Waals surface area contributed by atoms with E-state index in [1.54, 1.807) is 4.90 Å². The normalized spacial score (nSPS) is 11.9. The van der Waals surface area contributed by atoms with Gasteiger partial charge in [-0.3, -0.25) is 4.79 Å². The molecule has 13 heavy (non-hydrogen) atoms. The van der Waals surface area contributed by atoms with Crippen molar-refractivity contribution in [1.82, 2.24) is 4.90 Å². The fourth-order valence-corrected chi connectivity index (χ4v) is 1.19. The van der Waals surface area contributed by atoms with Crippen LogP contribution in [0.25, 0.3) is 0 Å². The predicted octanol–water partition coefficient (Wildman–Crippen LogP) is 1.40. The molecule has 0 aromatic carbocycles. The quantitative estimate of drug-likeness (QED) is 0.722. The van der Waals surface area contributed by atoms with Crippen molar-refractivity contribution in [1.29, 1.82) is 0 Å². The average Bonchev–Trinajstić information content (AvgIpc) is 1.96. The second kappa shape index (κ2) is 4.61. The molecule has 78 valence electrons. The Hall–Kier alpha value is -0.570. The number of rotatable bonds is 4. The smallest absolute Gasteiger partial charge is 0.254 e. The minimum absolute atomic E-state index is 0.152. The second-order valence-electron chi connectivity index (χ2n) is 4.15. The van der Waals surface area contributed by atoms with Gasteiger partial charge in [0, 0.05) is 12.6 Å². The van der Waals surface area contributed by atoms with E-state index in [0.29, 0.717) is 6.54 Å². The Morgan fingerprint density at radius 1 is 1.46 bits per heavy atom. The SMILES string of the molecule is CCCN(C(=O)C(C)(C)O)C(C)C. The van der Waals surface area contributed by atoms with Crippen molar-refractivity contribution in [2.24, 2.45) is 0 Å². The van der Waals surface area contributed by atoms with Crippen molar-refractivity contribution in [3.63, 3.8) is 0 Å². The van der Waals surface area contributed by atoms with Crippen molar-refractivity contribution in [2.75, 3.05) is 6.54 Å². The lowest BCUT2D eigenvalue weighted by molar-refractivity contribution is -0.149. The molecule has 0 aromatic heterocycles. The summed E-state index contributed by atoms with van der Waals surface area (Å²) < 4.78 is 0. The molecule has 0 heterocycles. The summed E-state index contributed by atoms with van der Waals surface area (Å²) in [7, 11) is 0. The van der Waals surface area contributed by atoms with Crippen LogP contribution in [0.5, 0.6) is 0 Å². The molecule has 0 aliphatic rings. The first-order valence-corrected chi connectivity index (χ1v) is 4.84. The number of amides is 1. The highest BCUT2D eigenvalue weighted by Crippen LogP contribution is 2.10. The van der Waals surface area contributed by atoms with Gasteiger partial charge in [-0.2, -0.15) is 0 Å². The Balaban J connectivity index is 4.47. The standard InChI is InChI=1S/C10H21NO2/c1-6-7-11(8(2)3)9(12)10(4,5)13/h8,13H,6-7H2,1-5H3. The van der Waals surface area contributed by atoms with Crippen LogP contribution in [0.1, 0.15) is 41.0 Å². The van der Waals surface area contributed by atoms with Crippen molar-refractivity contribution < 1.29 is 9.90 Å². The molecule has 0 unspecified atom stereocenters. The van der Waals surface area contributed by atoms with Crippen molar-refractivity contribution in [3.8, 4) is 0 Å². The Bertz CT molecular complexity index is 170. The van der Waals surface area contributed by atoms with E-state index in [4.69, 9.17) is 0 Å². The van der Waals surface area contributed by atoms with E-state index >= 15 is 0 Å². The van der Waals surface area contributed by atoms with Gasteiger partial charge in [0.15, 0.2) is 0 Å². The molecule has 3 nitrogen and oxygen atoms in total. The summed E-state index contributed by atoms with van der Waals surface area (Å²) >= 11 is 0. The average molecular weight is 187 g/mol. The molecule has 0 radical (unpaired) electrons. The molecule has 0 fully saturated rings. The van der Waals surface area contributed by atoms with Crippen LogP contribution in [0.2, 0.25) is 0 Å². The molecule has 0 aliphatic heterocycles. The number of carbonyl (C=O) groups excluding carboxylic acids is 1. The van der Waals surface area contributed by atoms with E-state index in [-0.39, 0.29) is 11.9 Å². The summed E-state index contributed by atoms with van der Waals surface area (Å²) in [5.41, 5.74) is -1.25. The molecule has 0 atom stereocenters. The van der Waals surface area contributed by atoms with Crippen LogP contribution in [0, 0.1) is 0 Å². The van der Waals surface area contributed by atoms with Crippen LogP contribution in [-0.4, -0.2) is 34.1 Å². The third-order valence-corrected chi connectivity index (χ3v) is 1.87. The summed E-state index contributed by atoms with van der Waals surface area (Å²) in [6.07, 6.45) is 0.917. The zero-order valence-corrected chi connectivity index (χ0v) is 9.29. The van der Waals surface area contributed by atoms with Crippen molar-refractivity contribution in [3.05, 3.63) is 0 Å². The van der Waals surface area contributed by atoms with E-state index in [2.05, 4.69) is 0 Å². The topological polar surface area (TPSA) is 40.5 Å². The third-order valence-electron chi connectivity index (χ3n) is 1.87. The maximum absolute atomic E-state index is 11.7. The van der Waals surface area contributed by atoms with Crippen LogP contribution < -0.4 is 0 Å². The number of nitrogens with zero attached hydrogens (tertiary/aromatic N) is 1. The maximum atomic E-state index is 11.7. The molecule has 0 spiro atoms. The van der Waals surface area contributed by atoms with E-state index < -0.39 is 5.60 Å². The fraction of sp³-hybridized carbons (Fsp3) is 0.900. The molecule has 3 heteroatoms. The van der Waals surface area contributed by atoms with Gasteiger partial charge < -0.3 is 10.0 Å². The number of aliphatic hydroxyl groups is 1. The molecule has 0 aromatic rings. The van der Waals surface area contributed by atoms with Crippen LogP contribution in [-0.2, 0) is 4.79 Å². The van der Waals surface area contributed by atoms with Crippen LogP contribution >= 0.6 is 0 Å². The van der Waals surface area contributed by atoms with Crippen molar-refractivity contribution in [2.45, 2.75) is 52.7 Å². The molecule has 0 saturated carbocycles. The van der Waals surface area contributed by atoms with Gasteiger partial charge in [0.25, 0.3) is 5.91 Å². The minimum atomic E-state index is -1.25. The first-order chi connectivity index (χ1) is 5.80. The Labute approximate surface area is 80.7 Å². The third kappa shape index (κ3) is 3.77. The highest BCUT2D eigenvalue weighted by Gasteiger charge is 2.30. The maximum Gasteiger partial charge on any atom is 0.254 e. The summed E-state index contributed by atoms with van der Waals surface area (Å²) in [6.45, 7) is 9.70. The Kier molecular flexibility index (Phi) is 4.40. The zero-order valence-electron chi connectivity index (χ0n) is 9.29. The molecule has 1 amide bonds. The van der Waals surface area contributed by atoms with Crippen LogP contribution in [0.4, 0.5) is 0 Å². The first-order valence-electron chi connectivity index (χ1n) is 4.84. The molecule has 0 aliphatic carbocycles. The predicted molar refractivity (Wildman–Crippen MR) is 53.4 cm³/mol. The van der Waals surface area contributed by atoms with Crippen molar-refractivity contribution >= 4 is 5.91 Å². The van der Waals surface area contributed by atoms with Crippen LogP contribution in [0.15, 0.2) is 0 Å². The molecule has 1 N–H and O–H groups in total. The summed E-state index contributed by atoms with van der Waals surface area (Å²) in [4.78, 5) is 13.4.